The van der Waals surface area contributed by atoms with Crippen LogP contribution in [0.25, 0.3) is 0 Å². The van der Waals surface area contributed by atoms with Crippen LogP contribution in [0.3, 0.4) is 0 Å². The molecule has 0 spiro atoms. The minimum Gasteiger partial charge on any atom is -0.343 e. The van der Waals surface area contributed by atoms with Crippen molar-refractivity contribution < 1.29 is 9.59 Å². The summed E-state index contributed by atoms with van der Waals surface area (Å²) in [5.41, 5.74) is 1.41. The van der Waals surface area contributed by atoms with Crippen LogP contribution in [0.4, 0.5) is 0 Å². The number of hydrogen-bond acceptors (Lipinski definition) is 2. The van der Waals surface area contributed by atoms with Crippen molar-refractivity contribution >= 4 is 35.0 Å². The minimum atomic E-state index is -0.363. The molecule has 4 nitrogen and oxygen atoms in total. The van der Waals surface area contributed by atoms with Crippen molar-refractivity contribution in [2.45, 2.75) is 13.5 Å². The first-order valence-corrected chi connectivity index (χ1v) is 8.31. The van der Waals surface area contributed by atoms with E-state index in [0.717, 1.165) is 5.56 Å². The Kier molecular flexibility index (Phi) is 6.64. The summed E-state index contributed by atoms with van der Waals surface area (Å²) in [4.78, 5) is 26.1. The van der Waals surface area contributed by atoms with Crippen LogP contribution in [-0.2, 0) is 11.3 Å². The fraction of sp³-hybridized carbons (Fsp3) is 0.222. The van der Waals surface area contributed by atoms with Crippen LogP contribution in [0.5, 0.6) is 0 Å². The number of halogens is 2. The molecule has 2 rings (SSSR count). The molecule has 6 heteroatoms. The molecule has 0 atom stereocenters. The lowest BCUT2D eigenvalue weighted by Crippen LogP contribution is -2.39. The van der Waals surface area contributed by atoms with Gasteiger partial charge < -0.3 is 10.2 Å². The van der Waals surface area contributed by atoms with Gasteiger partial charge in [-0.25, -0.2) is 0 Å². The zero-order valence-electron chi connectivity index (χ0n) is 13.3. The number of carbonyl (C=O) groups excluding carboxylic acids is 2. The second-order valence-corrected chi connectivity index (χ2v) is 6.02. The maximum absolute atomic E-state index is 12.3. The zero-order chi connectivity index (χ0) is 17.5. The molecular formula is C18H18Cl2N2O2. The molecule has 0 aliphatic rings. The number of benzene rings is 2. The normalized spacial score (nSPS) is 10.3. The van der Waals surface area contributed by atoms with E-state index in [1.54, 1.807) is 17.0 Å². The quantitative estimate of drug-likeness (QED) is 0.847. The highest BCUT2D eigenvalue weighted by Crippen LogP contribution is 2.22. The van der Waals surface area contributed by atoms with E-state index in [1.807, 2.05) is 37.3 Å². The van der Waals surface area contributed by atoms with Gasteiger partial charge in [-0.15, -0.1) is 0 Å². The third kappa shape index (κ3) is 4.98. The van der Waals surface area contributed by atoms with Gasteiger partial charge in [0.15, 0.2) is 0 Å². The van der Waals surface area contributed by atoms with Crippen molar-refractivity contribution in [2.24, 2.45) is 0 Å². The monoisotopic (exact) mass is 364 g/mol. The molecule has 0 fully saturated rings. The van der Waals surface area contributed by atoms with Crippen molar-refractivity contribution in [3.63, 3.8) is 0 Å². The van der Waals surface area contributed by atoms with Gasteiger partial charge in [-0.2, -0.15) is 0 Å². The summed E-state index contributed by atoms with van der Waals surface area (Å²) in [5, 5.41) is 3.29. The molecule has 126 valence electrons. The fourth-order valence-corrected chi connectivity index (χ4v) is 2.49. The molecule has 0 unspecified atom stereocenters. The van der Waals surface area contributed by atoms with Gasteiger partial charge in [0.2, 0.25) is 5.91 Å². The molecule has 24 heavy (non-hydrogen) atoms. The van der Waals surface area contributed by atoms with E-state index in [-0.39, 0.29) is 18.4 Å². The Labute approximate surface area is 151 Å². The van der Waals surface area contributed by atoms with Gasteiger partial charge in [0.25, 0.3) is 5.91 Å². The number of likely N-dealkylation sites (N-methyl/N-ethyl adjacent to an activating group) is 1. The summed E-state index contributed by atoms with van der Waals surface area (Å²) in [7, 11) is 0. The van der Waals surface area contributed by atoms with Gasteiger partial charge in [0, 0.05) is 18.7 Å². The van der Waals surface area contributed by atoms with Gasteiger partial charge in [0.05, 0.1) is 16.6 Å². The lowest BCUT2D eigenvalue weighted by molar-refractivity contribution is -0.130. The van der Waals surface area contributed by atoms with Crippen LogP contribution in [0, 0.1) is 0 Å². The molecule has 2 amide bonds. The van der Waals surface area contributed by atoms with Crippen LogP contribution in [0.2, 0.25) is 10.0 Å². The number of rotatable bonds is 6. The van der Waals surface area contributed by atoms with E-state index >= 15 is 0 Å². The van der Waals surface area contributed by atoms with E-state index in [1.165, 1.54) is 6.07 Å². The Hall–Kier alpha value is -2.04. The van der Waals surface area contributed by atoms with E-state index < -0.39 is 0 Å². The smallest absolute Gasteiger partial charge is 0.251 e. The summed E-state index contributed by atoms with van der Waals surface area (Å²) >= 11 is 11.7. The van der Waals surface area contributed by atoms with Crippen molar-refractivity contribution in [1.29, 1.82) is 0 Å². The second-order valence-electron chi connectivity index (χ2n) is 5.21. The molecule has 0 heterocycles. The Morgan fingerprint density at radius 1 is 1.04 bits per heavy atom. The molecule has 0 saturated heterocycles. The SMILES string of the molecule is CCN(Cc1ccccc1)C(=O)CNC(=O)c1ccc(Cl)c(Cl)c1. The first-order valence-electron chi connectivity index (χ1n) is 7.56. The first-order chi connectivity index (χ1) is 11.5. The second kappa shape index (κ2) is 8.71. The van der Waals surface area contributed by atoms with Gasteiger partial charge in [-0.1, -0.05) is 53.5 Å². The first kappa shape index (κ1) is 18.3. The average molecular weight is 365 g/mol. The lowest BCUT2D eigenvalue weighted by atomic mass is 10.2. The highest BCUT2D eigenvalue weighted by Gasteiger charge is 2.14. The highest BCUT2D eigenvalue weighted by atomic mass is 35.5. The molecule has 0 aliphatic carbocycles. The van der Waals surface area contributed by atoms with Crippen LogP contribution < -0.4 is 5.32 Å². The number of hydrogen-bond donors (Lipinski definition) is 1. The van der Waals surface area contributed by atoms with Crippen LogP contribution in [0.15, 0.2) is 48.5 Å². The van der Waals surface area contributed by atoms with Crippen LogP contribution in [0.1, 0.15) is 22.8 Å². The van der Waals surface area contributed by atoms with Crippen molar-refractivity contribution in [3.05, 3.63) is 69.7 Å². The van der Waals surface area contributed by atoms with Crippen LogP contribution in [-0.4, -0.2) is 29.8 Å². The zero-order valence-corrected chi connectivity index (χ0v) is 14.8. The number of nitrogens with zero attached hydrogens (tertiary/aromatic N) is 1. The summed E-state index contributed by atoms with van der Waals surface area (Å²) < 4.78 is 0. The van der Waals surface area contributed by atoms with Crippen molar-refractivity contribution in [1.82, 2.24) is 10.2 Å². The van der Waals surface area contributed by atoms with Gasteiger partial charge in [-0.05, 0) is 30.7 Å². The van der Waals surface area contributed by atoms with Gasteiger partial charge in [-0.3, -0.25) is 9.59 Å². The standard InChI is InChI=1S/C18H18Cl2N2O2/c1-2-22(12-13-6-4-3-5-7-13)17(23)11-21-18(24)14-8-9-15(19)16(20)10-14/h3-10H,2,11-12H2,1H3,(H,21,24). The third-order valence-electron chi connectivity index (χ3n) is 3.53. The number of amides is 2. The number of carbonyl (C=O) groups is 2. The lowest BCUT2D eigenvalue weighted by Gasteiger charge is -2.21. The number of nitrogens with one attached hydrogen (secondary N) is 1. The molecule has 0 bridgehead atoms. The summed E-state index contributed by atoms with van der Waals surface area (Å²) in [6.07, 6.45) is 0. The summed E-state index contributed by atoms with van der Waals surface area (Å²) in [6, 6.07) is 14.3. The van der Waals surface area contributed by atoms with Crippen LogP contribution >= 0.6 is 23.2 Å². The molecule has 2 aromatic rings. The Bertz CT molecular complexity index is 720. The maximum Gasteiger partial charge on any atom is 0.251 e. The minimum absolute atomic E-state index is 0.0697. The van der Waals surface area contributed by atoms with E-state index in [0.29, 0.717) is 28.7 Å². The Morgan fingerprint density at radius 2 is 1.75 bits per heavy atom. The molecular weight excluding hydrogens is 347 g/mol. The topological polar surface area (TPSA) is 49.4 Å². The van der Waals surface area contributed by atoms with Gasteiger partial charge >= 0.3 is 0 Å². The molecule has 0 saturated carbocycles. The Morgan fingerprint density at radius 3 is 2.38 bits per heavy atom. The van der Waals surface area contributed by atoms with Crippen molar-refractivity contribution in [2.75, 3.05) is 13.1 Å². The van der Waals surface area contributed by atoms with E-state index in [9.17, 15) is 9.59 Å². The molecule has 1 N–H and O–H groups in total. The molecule has 0 aromatic heterocycles. The average Bonchev–Trinajstić information content (AvgIpc) is 2.60. The summed E-state index contributed by atoms with van der Waals surface area (Å²) in [5.74, 6) is -0.507. The largest absolute Gasteiger partial charge is 0.343 e. The fourth-order valence-electron chi connectivity index (χ4n) is 2.19. The van der Waals surface area contributed by atoms with Crippen molar-refractivity contribution in [3.8, 4) is 0 Å². The Balaban J connectivity index is 1.93. The molecule has 0 radical (unpaired) electrons. The van der Waals surface area contributed by atoms with Gasteiger partial charge in [0.1, 0.15) is 0 Å². The predicted molar refractivity (Wildman–Crippen MR) is 96.3 cm³/mol. The molecule has 2 aromatic carbocycles. The predicted octanol–water partition coefficient (Wildman–Crippen LogP) is 3.77. The van der Waals surface area contributed by atoms with E-state index in [4.69, 9.17) is 23.2 Å². The maximum atomic E-state index is 12.3. The third-order valence-corrected chi connectivity index (χ3v) is 4.27. The van der Waals surface area contributed by atoms with E-state index in [2.05, 4.69) is 5.32 Å². The highest BCUT2D eigenvalue weighted by molar-refractivity contribution is 6.42. The summed E-state index contributed by atoms with van der Waals surface area (Å²) in [6.45, 7) is 2.91. The molecule has 0 aliphatic heterocycles.